The number of hydrogen-bond acceptors (Lipinski definition) is 3. The van der Waals surface area contributed by atoms with Gasteiger partial charge in [-0.15, -0.1) is 0 Å². The van der Waals surface area contributed by atoms with Gasteiger partial charge in [0.25, 0.3) is 5.91 Å². The van der Waals surface area contributed by atoms with Crippen LogP contribution in [0.15, 0.2) is 23.1 Å². The summed E-state index contributed by atoms with van der Waals surface area (Å²) in [4.78, 5) is 14.4. The molecule has 25 heavy (non-hydrogen) atoms. The van der Waals surface area contributed by atoms with Gasteiger partial charge in [0, 0.05) is 26.2 Å². The maximum Gasteiger partial charge on any atom is 0.256 e. The van der Waals surface area contributed by atoms with Crippen molar-refractivity contribution in [2.24, 2.45) is 11.8 Å². The van der Waals surface area contributed by atoms with Crippen LogP contribution >= 0.6 is 0 Å². The number of benzene rings is 1. The number of amides is 1. The molecule has 2 unspecified atom stereocenters. The molecule has 1 heterocycles. The van der Waals surface area contributed by atoms with Crippen LogP contribution in [0.25, 0.3) is 0 Å². The van der Waals surface area contributed by atoms with Crippen LogP contribution in [-0.2, 0) is 10.0 Å². The van der Waals surface area contributed by atoms with Gasteiger partial charge in [-0.2, -0.15) is 4.31 Å². The number of carbonyl (C=O) groups is 1. The van der Waals surface area contributed by atoms with E-state index in [1.165, 1.54) is 16.4 Å². The molecule has 1 aliphatic rings. The van der Waals surface area contributed by atoms with Gasteiger partial charge in [-0.05, 0) is 36.5 Å². The van der Waals surface area contributed by atoms with E-state index in [0.717, 1.165) is 12.5 Å². The van der Waals surface area contributed by atoms with Crippen molar-refractivity contribution in [2.75, 3.05) is 26.2 Å². The highest BCUT2D eigenvalue weighted by molar-refractivity contribution is 7.89. The van der Waals surface area contributed by atoms with Crippen LogP contribution in [0, 0.1) is 17.7 Å². The zero-order chi connectivity index (χ0) is 18.8. The average molecular weight is 370 g/mol. The molecule has 1 saturated heterocycles. The van der Waals surface area contributed by atoms with Crippen LogP contribution in [0.1, 0.15) is 44.5 Å². The smallest absolute Gasteiger partial charge is 0.256 e. The molecular weight excluding hydrogens is 343 g/mol. The normalized spacial score (nSPS) is 21.6. The van der Waals surface area contributed by atoms with Crippen molar-refractivity contribution in [3.8, 4) is 0 Å². The van der Waals surface area contributed by atoms with Crippen LogP contribution in [0.2, 0.25) is 0 Å². The number of nitrogens with zero attached hydrogens (tertiary/aromatic N) is 2. The maximum absolute atomic E-state index is 14.3. The first-order valence-electron chi connectivity index (χ1n) is 8.79. The quantitative estimate of drug-likeness (QED) is 0.801. The molecule has 0 aliphatic carbocycles. The molecule has 1 aliphatic heterocycles. The Bertz CT molecular complexity index is 722. The lowest BCUT2D eigenvalue weighted by atomic mass is 9.91. The predicted octanol–water partition coefficient (Wildman–Crippen LogP) is 2.97. The van der Waals surface area contributed by atoms with Gasteiger partial charge >= 0.3 is 0 Å². The van der Waals surface area contributed by atoms with Crippen LogP contribution in [0.4, 0.5) is 4.39 Å². The fraction of sp³-hybridized carbons (Fsp3) is 0.611. The van der Waals surface area contributed by atoms with Crippen molar-refractivity contribution < 1.29 is 17.6 Å². The third-order valence-electron chi connectivity index (χ3n) is 4.67. The minimum absolute atomic E-state index is 0.0425. The first-order valence-corrected chi connectivity index (χ1v) is 10.2. The third-order valence-corrected chi connectivity index (χ3v) is 6.71. The molecule has 0 saturated carbocycles. The molecule has 5 nitrogen and oxygen atoms in total. The fourth-order valence-electron chi connectivity index (χ4n) is 3.54. The van der Waals surface area contributed by atoms with Crippen molar-refractivity contribution >= 4 is 15.9 Å². The van der Waals surface area contributed by atoms with E-state index in [9.17, 15) is 17.6 Å². The Kier molecular flexibility index (Phi) is 6.21. The summed E-state index contributed by atoms with van der Waals surface area (Å²) < 4.78 is 40.8. The first kappa shape index (κ1) is 19.8. The van der Waals surface area contributed by atoms with Gasteiger partial charge in [0.15, 0.2) is 0 Å². The highest BCUT2D eigenvalue weighted by Crippen LogP contribution is 2.25. The van der Waals surface area contributed by atoms with Gasteiger partial charge in [-0.1, -0.05) is 27.7 Å². The van der Waals surface area contributed by atoms with E-state index in [1.807, 2.05) is 0 Å². The van der Waals surface area contributed by atoms with Crippen molar-refractivity contribution in [1.29, 1.82) is 0 Å². The molecule has 2 rings (SSSR count). The molecule has 140 valence electrons. The van der Waals surface area contributed by atoms with Gasteiger partial charge in [-0.25, -0.2) is 12.8 Å². The fourth-order valence-corrected chi connectivity index (χ4v) is 5.03. The molecule has 0 N–H and O–H groups in total. The molecule has 1 fully saturated rings. The lowest BCUT2D eigenvalue weighted by molar-refractivity contribution is 0.0618. The molecule has 1 aromatic rings. The van der Waals surface area contributed by atoms with Crippen molar-refractivity contribution in [3.63, 3.8) is 0 Å². The monoisotopic (exact) mass is 370 g/mol. The highest BCUT2D eigenvalue weighted by atomic mass is 32.2. The molecule has 0 radical (unpaired) electrons. The minimum atomic E-state index is -3.73. The van der Waals surface area contributed by atoms with Gasteiger partial charge in [0.05, 0.1) is 10.5 Å². The highest BCUT2D eigenvalue weighted by Gasteiger charge is 2.29. The van der Waals surface area contributed by atoms with Gasteiger partial charge in [-0.3, -0.25) is 4.79 Å². The largest absolute Gasteiger partial charge is 0.338 e. The molecule has 7 heteroatoms. The van der Waals surface area contributed by atoms with E-state index in [4.69, 9.17) is 0 Å². The topological polar surface area (TPSA) is 57.7 Å². The second-order valence-electron chi connectivity index (χ2n) is 6.89. The lowest BCUT2D eigenvalue weighted by Crippen LogP contribution is -2.43. The summed E-state index contributed by atoms with van der Waals surface area (Å²) in [5, 5.41) is 0. The van der Waals surface area contributed by atoms with E-state index >= 15 is 0 Å². The van der Waals surface area contributed by atoms with Crippen LogP contribution in [0.5, 0.6) is 0 Å². The molecular formula is C18H27FN2O3S. The summed E-state index contributed by atoms with van der Waals surface area (Å²) in [5.74, 6) is -0.432. The Hall–Kier alpha value is -1.47. The van der Waals surface area contributed by atoms with Gasteiger partial charge in [0.1, 0.15) is 5.82 Å². The van der Waals surface area contributed by atoms with E-state index in [0.29, 0.717) is 38.0 Å². The number of halogens is 1. The number of hydrogen-bond donors (Lipinski definition) is 0. The van der Waals surface area contributed by atoms with Gasteiger partial charge in [0.2, 0.25) is 10.0 Å². The second-order valence-corrected chi connectivity index (χ2v) is 8.83. The molecule has 1 aromatic carbocycles. The van der Waals surface area contributed by atoms with Gasteiger partial charge < -0.3 is 4.90 Å². The summed E-state index contributed by atoms with van der Waals surface area (Å²) in [7, 11) is -3.73. The molecule has 0 spiro atoms. The molecule has 1 amide bonds. The number of piperidine rings is 1. The lowest BCUT2D eigenvalue weighted by Gasteiger charge is -2.35. The van der Waals surface area contributed by atoms with Crippen molar-refractivity contribution in [2.45, 2.75) is 39.0 Å². The average Bonchev–Trinajstić information content (AvgIpc) is 2.54. The summed E-state index contributed by atoms with van der Waals surface area (Å²) in [5.41, 5.74) is -0.172. The number of rotatable bonds is 5. The molecule has 0 bridgehead atoms. The summed E-state index contributed by atoms with van der Waals surface area (Å²) in [6.45, 7) is 9.38. The second kappa shape index (κ2) is 7.83. The Balaban J connectivity index is 2.38. The molecule has 2 atom stereocenters. The Morgan fingerprint density at radius 3 is 2.28 bits per heavy atom. The number of likely N-dealkylation sites (tertiary alicyclic amines) is 1. The maximum atomic E-state index is 14.3. The van der Waals surface area contributed by atoms with Crippen molar-refractivity contribution in [3.05, 3.63) is 29.6 Å². The Morgan fingerprint density at radius 2 is 1.76 bits per heavy atom. The third kappa shape index (κ3) is 4.20. The number of carbonyl (C=O) groups excluding carboxylic acids is 1. The number of sulfonamides is 1. The zero-order valence-corrected chi connectivity index (χ0v) is 16.1. The van der Waals surface area contributed by atoms with Crippen molar-refractivity contribution in [1.82, 2.24) is 9.21 Å². The summed E-state index contributed by atoms with van der Waals surface area (Å²) >= 11 is 0. The van der Waals surface area contributed by atoms with E-state index in [1.54, 1.807) is 18.7 Å². The standard InChI is InChI=1S/C18H27FN2O3S/c1-5-21(6-2)25(23,24)15-7-8-17(19)16(10-15)18(22)20-11-13(3)9-14(4)12-20/h7-8,10,13-14H,5-6,9,11-12H2,1-4H3. The summed E-state index contributed by atoms with van der Waals surface area (Å²) in [6, 6.07) is 3.47. The van der Waals surface area contributed by atoms with Crippen LogP contribution in [-0.4, -0.2) is 49.7 Å². The Labute approximate surface area is 149 Å². The zero-order valence-electron chi connectivity index (χ0n) is 15.3. The SMILES string of the molecule is CCN(CC)S(=O)(=O)c1ccc(F)c(C(=O)N2CC(C)CC(C)C2)c1. The minimum Gasteiger partial charge on any atom is -0.338 e. The first-order chi connectivity index (χ1) is 11.7. The predicted molar refractivity (Wildman–Crippen MR) is 95.4 cm³/mol. The van der Waals surface area contributed by atoms with E-state index in [2.05, 4.69) is 13.8 Å². The summed E-state index contributed by atoms with van der Waals surface area (Å²) in [6.07, 6.45) is 1.03. The van der Waals surface area contributed by atoms with Crippen LogP contribution < -0.4 is 0 Å². The molecule has 0 aromatic heterocycles. The van der Waals surface area contributed by atoms with Crippen LogP contribution in [0.3, 0.4) is 0 Å². The van der Waals surface area contributed by atoms with E-state index < -0.39 is 21.7 Å². The Morgan fingerprint density at radius 1 is 1.20 bits per heavy atom. The van der Waals surface area contributed by atoms with E-state index in [-0.39, 0.29) is 10.5 Å².